The zero-order valence-corrected chi connectivity index (χ0v) is 12.9. The summed E-state index contributed by atoms with van der Waals surface area (Å²) in [6.07, 6.45) is 0.844. The first kappa shape index (κ1) is 16.0. The Morgan fingerprint density at radius 3 is 2.45 bits per heavy atom. The molecule has 0 fully saturated rings. The smallest absolute Gasteiger partial charge is 0.331 e. The summed E-state index contributed by atoms with van der Waals surface area (Å²) in [5, 5.41) is 7.58. The number of hydrogen-bond donors (Lipinski definition) is 2. The molecule has 0 aliphatic carbocycles. The second kappa shape index (κ2) is 6.41. The predicted molar refractivity (Wildman–Crippen MR) is 83.2 cm³/mol. The van der Waals surface area contributed by atoms with Gasteiger partial charge in [-0.25, -0.2) is 4.79 Å². The number of anilines is 1. The number of hydrogen-bond acceptors (Lipinski definition) is 2. The van der Waals surface area contributed by atoms with Crippen LogP contribution in [0.25, 0.3) is 0 Å². The molecule has 3 N–H and O–H groups in total. The van der Waals surface area contributed by atoms with Gasteiger partial charge in [0.1, 0.15) is 0 Å². The number of carbonyl (C=O) groups excluding carboxylic acids is 1. The van der Waals surface area contributed by atoms with E-state index in [1.807, 2.05) is 39.0 Å². The number of benzene rings is 1. The average Bonchev–Trinajstić information content (AvgIpc) is 2.36. The van der Waals surface area contributed by atoms with Crippen LogP contribution < -0.4 is 10.6 Å². The van der Waals surface area contributed by atoms with Crippen molar-refractivity contribution in [1.82, 2.24) is 4.90 Å². The van der Waals surface area contributed by atoms with Crippen LogP contribution in [-0.2, 0) is 6.42 Å². The van der Waals surface area contributed by atoms with Crippen molar-refractivity contribution in [3.63, 3.8) is 0 Å². The largest absolute Gasteiger partial charge is 0.370 e. The molecule has 0 aliphatic heterocycles. The van der Waals surface area contributed by atoms with Crippen LogP contribution in [0, 0.1) is 12.3 Å². The minimum Gasteiger partial charge on any atom is -0.370 e. The number of urea groups is 1. The zero-order chi connectivity index (χ0) is 15.4. The molecule has 20 heavy (non-hydrogen) atoms. The lowest BCUT2D eigenvalue weighted by molar-refractivity contribution is 0.220. The third-order valence-electron chi connectivity index (χ3n) is 3.31. The van der Waals surface area contributed by atoms with Crippen molar-refractivity contribution in [1.29, 1.82) is 5.41 Å². The van der Waals surface area contributed by atoms with E-state index in [2.05, 4.69) is 6.92 Å². The Morgan fingerprint density at radius 1 is 1.40 bits per heavy atom. The van der Waals surface area contributed by atoms with Crippen molar-refractivity contribution in [2.24, 2.45) is 5.73 Å². The second-order valence-corrected chi connectivity index (χ2v) is 5.13. The van der Waals surface area contributed by atoms with Crippen LogP contribution >= 0.6 is 0 Å². The normalized spacial score (nSPS) is 10.5. The molecule has 0 aliphatic rings. The van der Waals surface area contributed by atoms with Crippen LogP contribution in [0.1, 0.15) is 31.9 Å². The molecule has 0 saturated heterocycles. The van der Waals surface area contributed by atoms with Gasteiger partial charge in [0, 0.05) is 13.1 Å². The lowest BCUT2D eigenvalue weighted by atomic mass is 10.1. The number of aryl methyl sites for hydroxylation is 2. The number of nitrogens with zero attached hydrogens (tertiary/aromatic N) is 2. The van der Waals surface area contributed by atoms with Crippen molar-refractivity contribution in [2.75, 3.05) is 11.9 Å². The van der Waals surface area contributed by atoms with Gasteiger partial charge in [0.25, 0.3) is 0 Å². The Hall–Kier alpha value is -2.04. The van der Waals surface area contributed by atoms with Crippen LogP contribution in [-0.4, -0.2) is 30.0 Å². The Morgan fingerprint density at radius 2 is 2.00 bits per heavy atom. The van der Waals surface area contributed by atoms with E-state index in [9.17, 15) is 4.79 Å². The van der Waals surface area contributed by atoms with Crippen LogP contribution in [0.3, 0.4) is 0 Å². The Labute approximate surface area is 120 Å². The van der Waals surface area contributed by atoms with E-state index in [1.165, 1.54) is 4.90 Å². The van der Waals surface area contributed by atoms with E-state index in [0.29, 0.717) is 0 Å². The van der Waals surface area contributed by atoms with Crippen molar-refractivity contribution in [2.45, 2.75) is 40.2 Å². The standard InChI is InChI=1S/C15H24N4O/c1-6-12-9-7-8-11(4)13(12)18(5)15(20)19(10(2)3)14(16)17/h7-10H,6H2,1-5H3,(H3,16,17). The van der Waals surface area contributed by atoms with Crippen molar-refractivity contribution in [3.8, 4) is 0 Å². The Kier molecular flexibility index (Phi) is 5.13. The van der Waals surface area contributed by atoms with Gasteiger partial charge in [-0.2, -0.15) is 0 Å². The summed E-state index contributed by atoms with van der Waals surface area (Å²) in [5.74, 6) is -0.233. The maximum atomic E-state index is 12.6. The monoisotopic (exact) mass is 276 g/mol. The molecule has 2 amide bonds. The Balaban J connectivity index is 3.21. The molecule has 0 atom stereocenters. The minimum absolute atomic E-state index is 0.156. The van der Waals surface area contributed by atoms with E-state index in [0.717, 1.165) is 23.2 Å². The van der Waals surface area contributed by atoms with Crippen LogP contribution in [0.2, 0.25) is 0 Å². The molecule has 1 rings (SSSR count). The molecule has 1 aromatic rings. The van der Waals surface area contributed by atoms with Crippen molar-refractivity contribution in [3.05, 3.63) is 29.3 Å². The highest BCUT2D eigenvalue weighted by atomic mass is 16.2. The summed E-state index contributed by atoms with van der Waals surface area (Å²) < 4.78 is 0. The van der Waals surface area contributed by atoms with E-state index < -0.39 is 0 Å². The molecule has 0 radical (unpaired) electrons. The summed E-state index contributed by atoms with van der Waals surface area (Å²) in [4.78, 5) is 15.4. The maximum absolute atomic E-state index is 12.6. The molecular weight excluding hydrogens is 252 g/mol. The molecule has 0 heterocycles. The van der Waals surface area contributed by atoms with Gasteiger partial charge in [0.05, 0.1) is 5.69 Å². The third-order valence-corrected chi connectivity index (χ3v) is 3.31. The number of rotatable bonds is 3. The summed E-state index contributed by atoms with van der Waals surface area (Å²) >= 11 is 0. The lowest BCUT2D eigenvalue weighted by Gasteiger charge is -2.31. The van der Waals surface area contributed by atoms with Gasteiger partial charge in [0.15, 0.2) is 5.96 Å². The first-order valence-corrected chi connectivity index (χ1v) is 6.80. The SMILES string of the molecule is CCc1cccc(C)c1N(C)C(=O)N(C(=N)N)C(C)C. The molecule has 0 spiro atoms. The number of para-hydroxylation sites is 1. The van der Waals surface area contributed by atoms with Gasteiger partial charge in [-0.15, -0.1) is 0 Å². The highest BCUT2D eigenvalue weighted by Crippen LogP contribution is 2.26. The second-order valence-electron chi connectivity index (χ2n) is 5.13. The summed E-state index contributed by atoms with van der Waals surface area (Å²) in [6, 6.07) is 5.54. The van der Waals surface area contributed by atoms with Gasteiger partial charge >= 0.3 is 6.03 Å². The van der Waals surface area contributed by atoms with Crippen LogP contribution in [0.15, 0.2) is 18.2 Å². The van der Waals surface area contributed by atoms with Gasteiger partial charge in [0.2, 0.25) is 0 Å². The third kappa shape index (κ3) is 3.10. The predicted octanol–water partition coefficient (Wildman–Crippen LogP) is 2.72. The molecule has 0 bridgehead atoms. The lowest BCUT2D eigenvalue weighted by Crippen LogP contribution is -2.51. The highest BCUT2D eigenvalue weighted by Gasteiger charge is 2.25. The summed E-state index contributed by atoms with van der Waals surface area (Å²) in [5.41, 5.74) is 8.56. The van der Waals surface area contributed by atoms with Crippen LogP contribution in [0.4, 0.5) is 10.5 Å². The zero-order valence-electron chi connectivity index (χ0n) is 12.9. The summed E-state index contributed by atoms with van der Waals surface area (Å²) in [7, 11) is 1.72. The summed E-state index contributed by atoms with van der Waals surface area (Å²) in [6.45, 7) is 7.71. The van der Waals surface area contributed by atoms with E-state index >= 15 is 0 Å². The first-order chi connectivity index (χ1) is 9.31. The van der Waals surface area contributed by atoms with Gasteiger partial charge < -0.3 is 5.73 Å². The average molecular weight is 276 g/mol. The van der Waals surface area contributed by atoms with E-state index in [-0.39, 0.29) is 18.0 Å². The molecule has 5 heteroatoms. The van der Waals surface area contributed by atoms with Crippen molar-refractivity contribution < 1.29 is 4.79 Å². The molecule has 1 aromatic carbocycles. The van der Waals surface area contributed by atoms with Crippen LogP contribution in [0.5, 0.6) is 0 Å². The van der Waals surface area contributed by atoms with Gasteiger partial charge in [-0.1, -0.05) is 25.1 Å². The fourth-order valence-corrected chi connectivity index (χ4v) is 2.34. The topological polar surface area (TPSA) is 73.4 Å². The minimum atomic E-state index is -0.281. The van der Waals surface area contributed by atoms with Gasteiger partial charge in [-0.3, -0.25) is 15.2 Å². The number of guanidine groups is 1. The van der Waals surface area contributed by atoms with E-state index in [1.54, 1.807) is 11.9 Å². The molecule has 0 unspecified atom stereocenters. The fraction of sp³-hybridized carbons (Fsp3) is 0.467. The number of nitrogens with one attached hydrogen (secondary N) is 1. The first-order valence-electron chi connectivity index (χ1n) is 6.80. The Bertz CT molecular complexity index is 511. The van der Waals surface area contributed by atoms with Gasteiger partial charge in [-0.05, 0) is 38.3 Å². The molecular formula is C15H24N4O. The fourth-order valence-electron chi connectivity index (χ4n) is 2.34. The number of carbonyl (C=O) groups is 1. The van der Waals surface area contributed by atoms with E-state index in [4.69, 9.17) is 11.1 Å². The molecule has 0 saturated carbocycles. The molecule has 110 valence electrons. The number of nitrogens with two attached hydrogens (primary N) is 1. The quantitative estimate of drug-likeness (QED) is 0.658. The number of amides is 2. The molecule has 0 aromatic heterocycles. The highest BCUT2D eigenvalue weighted by molar-refractivity contribution is 6.03. The molecule has 5 nitrogen and oxygen atoms in total. The maximum Gasteiger partial charge on any atom is 0.331 e. The van der Waals surface area contributed by atoms with Crippen molar-refractivity contribution >= 4 is 17.7 Å².